The average Bonchev–Trinajstić information content (AvgIpc) is 2.64. The number of carbonyl (C=O) groups excluding carboxylic acids is 1. The highest BCUT2D eigenvalue weighted by molar-refractivity contribution is 5.93. The van der Waals surface area contributed by atoms with Gasteiger partial charge in [-0.25, -0.2) is 9.18 Å². The molecule has 1 aromatic carbocycles. The molecule has 1 atom stereocenters. The Bertz CT molecular complexity index is 592. The Morgan fingerprint density at radius 3 is 2.84 bits per heavy atom. The van der Waals surface area contributed by atoms with Crippen LogP contribution in [-0.4, -0.2) is 57.0 Å². The first-order valence-electron chi connectivity index (χ1n) is 8.91. The number of likely N-dealkylation sites (tertiary alicyclic amines) is 1. The molecule has 138 valence electrons. The molecular weight excluding hydrogens is 328 g/mol. The predicted molar refractivity (Wildman–Crippen MR) is 93.3 cm³/mol. The molecule has 0 spiro atoms. The molecule has 1 N–H and O–H groups in total. The number of anilines is 2. The van der Waals surface area contributed by atoms with Crippen molar-refractivity contribution in [3.63, 3.8) is 0 Å². The lowest BCUT2D eigenvalue weighted by Gasteiger charge is -2.34. The molecule has 25 heavy (non-hydrogen) atoms. The van der Waals surface area contributed by atoms with Gasteiger partial charge in [-0.3, -0.25) is 4.39 Å². The van der Waals surface area contributed by atoms with Gasteiger partial charge in [-0.2, -0.15) is 0 Å². The van der Waals surface area contributed by atoms with Crippen LogP contribution < -0.4 is 10.2 Å². The van der Waals surface area contributed by atoms with Crippen molar-refractivity contribution in [2.45, 2.75) is 19.3 Å². The highest BCUT2D eigenvalue weighted by atomic mass is 19.1. The summed E-state index contributed by atoms with van der Waals surface area (Å²) in [5, 5.41) is 2.91. The van der Waals surface area contributed by atoms with Crippen LogP contribution in [0.3, 0.4) is 0 Å². The minimum atomic E-state index is -0.348. The molecule has 0 saturated carbocycles. The van der Waals surface area contributed by atoms with Crippen molar-refractivity contribution in [2.24, 2.45) is 5.92 Å². The molecule has 2 saturated heterocycles. The molecule has 0 bridgehead atoms. The Morgan fingerprint density at radius 2 is 2.08 bits per heavy atom. The summed E-state index contributed by atoms with van der Waals surface area (Å²) in [4.78, 5) is 16.4. The van der Waals surface area contributed by atoms with E-state index < -0.39 is 0 Å². The van der Waals surface area contributed by atoms with Crippen molar-refractivity contribution in [2.75, 3.05) is 56.3 Å². The number of morpholine rings is 1. The summed E-state index contributed by atoms with van der Waals surface area (Å²) < 4.78 is 31.6. The van der Waals surface area contributed by atoms with E-state index in [0.29, 0.717) is 57.2 Å². The Balaban J connectivity index is 1.70. The average molecular weight is 353 g/mol. The Kier molecular flexibility index (Phi) is 6.07. The largest absolute Gasteiger partial charge is 0.378 e. The van der Waals surface area contributed by atoms with E-state index in [-0.39, 0.29) is 24.4 Å². The van der Waals surface area contributed by atoms with Crippen LogP contribution in [-0.2, 0) is 4.74 Å². The number of hydrogen-bond acceptors (Lipinski definition) is 3. The van der Waals surface area contributed by atoms with Crippen LogP contribution in [0.15, 0.2) is 18.2 Å². The summed E-state index contributed by atoms with van der Waals surface area (Å²) in [6.45, 7) is 3.39. The van der Waals surface area contributed by atoms with Crippen LogP contribution >= 0.6 is 0 Å². The van der Waals surface area contributed by atoms with Crippen molar-refractivity contribution in [1.29, 1.82) is 0 Å². The van der Waals surface area contributed by atoms with E-state index in [0.717, 1.165) is 12.8 Å². The number of hydrogen-bond donors (Lipinski definition) is 1. The number of rotatable bonds is 4. The van der Waals surface area contributed by atoms with Gasteiger partial charge < -0.3 is 19.9 Å². The van der Waals surface area contributed by atoms with Crippen molar-refractivity contribution < 1.29 is 18.3 Å². The number of benzene rings is 1. The fourth-order valence-corrected chi connectivity index (χ4v) is 3.51. The van der Waals surface area contributed by atoms with E-state index in [2.05, 4.69) is 5.32 Å². The lowest BCUT2D eigenvalue weighted by atomic mass is 9.95. The van der Waals surface area contributed by atoms with Gasteiger partial charge in [-0.05, 0) is 43.4 Å². The molecule has 2 heterocycles. The van der Waals surface area contributed by atoms with E-state index in [9.17, 15) is 13.6 Å². The number of alkyl halides is 1. The normalized spacial score (nSPS) is 21.3. The van der Waals surface area contributed by atoms with E-state index in [4.69, 9.17) is 4.74 Å². The number of nitrogens with zero attached hydrogens (tertiary/aromatic N) is 2. The maximum atomic E-state index is 13.7. The molecule has 1 aromatic rings. The van der Waals surface area contributed by atoms with Gasteiger partial charge in [0, 0.05) is 26.2 Å². The van der Waals surface area contributed by atoms with Crippen molar-refractivity contribution >= 4 is 17.4 Å². The van der Waals surface area contributed by atoms with Gasteiger partial charge in [-0.15, -0.1) is 0 Å². The Morgan fingerprint density at radius 1 is 1.28 bits per heavy atom. The third-order valence-electron chi connectivity index (χ3n) is 4.88. The van der Waals surface area contributed by atoms with Crippen molar-refractivity contribution in [1.82, 2.24) is 4.90 Å². The first-order valence-corrected chi connectivity index (χ1v) is 8.91. The molecular formula is C18H25F2N3O2. The number of ether oxygens (including phenoxy) is 1. The van der Waals surface area contributed by atoms with E-state index in [1.165, 1.54) is 12.1 Å². The summed E-state index contributed by atoms with van der Waals surface area (Å²) in [5.74, 6) is -0.114. The van der Waals surface area contributed by atoms with Crippen LogP contribution in [0.25, 0.3) is 0 Å². The highest BCUT2D eigenvalue weighted by Gasteiger charge is 2.25. The standard InChI is InChI=1S/C18H25F2N3O2/c19-6-5-14-2-1-7-23(13-14)18(24)21-16-4-3-15(20)12-17(16)22-8-10-25-11-9-22/h3-4,12,14H,1-2,5-11,13H2,(H,21,24). The van der Waals surface area contributed by atoms with Gasteiger partial charge in [0.1, 0.15) is 5.82 Å². The van der Waals surface area contributed by atoms with Gasteiger partial charge in [0.25, 0.3) is 0 Å². The quantitative estimate of drug-likeness (QED) is 0.904. The van der Waals surface area contributed by atoms with Gasteiger partial charge in [0.05, 0.1) is 31.3 Å². The number of urea groups is 1. The smallest absolute Gasteiger partial charge is 0.321 e. The van der Waals surface area contributed by atoms with Crippen LogP contribution in [0.5, 0.6) is 0 Å². The second kappa shape index (κ2) is 8.47. The second-order valence-electron chi connectivity index (χ2n) is 6.62. The highest BCUT2D eigenvalue weighted by Crippen LogP contribution is 2.29. The number of amides is 2. The second-order valence-corrected chi connectivity index (χ2v) is 6.62. The molecule has 2 aliphatic rings. The monoisotopic (exact) mass is 353 g/mol. The zero-order valence-corrected chi connectivity index (χ0v) is 14.3. The van der Waals surface area contributed by atoms with Gasteiger partial charge >= 0.3 is 6.03 Å². The fraction of sp³-hybridized carbons (Fsp3) is 0.611. The topological polar surface area (TPSA) is 44.8 Å². The molecule has 3 rings (SSSR count). The number of halogens is 2. The summed E-state index contributed by atoms with van der Waals surface area (Å²) in [6, 6.07) is 4.19. The third-order valence-corrected chi connectivity index (χ3v) is 4.88. The molecule has 0 aromatic heterocycles. The molecule has 5 nitrogen and oxygen atoms in total. The van der Waals surface area contributed by atoms with Crippen LogP contribution in [0.1, 0.15) is 19.3 Å². The molecule has 0 radical (unpaired) electrons. The van der Waals surface area contributed by atoms with Crippen LogP contribution in [0.4, 0.5) is 25.0 Å². The Hall–Kier alpha value is -1.89. The molecule has 2 fully saturated rings. The first kappa shape index (κ1) is 17.9. The van der Waals surface area contributed by atoms with Crippen molar-refractivity contribution in [3.05, 3.63) is 24.0 Å². The minimum absolute atomic E-state index is 0.204. The zero-order chi connectivity index (χ0) is 17.6. The molecule has 1 unspecified atom stereocenters. The summed E-state index contributed by atoms with van der Waals surface area (Å²) in [7, 11) is 0. The summed E-state index contributed by atoms with van der Waals surface area (Å²) in [5.41, 5.74) is 1.27. The SMILES string of the molecule is O=C(Nc1ccc(F)cc1N1CCOCC1)N1CCCC(CCF)C1. The van der Waals surface area contributed by atoms with Gasteiger partial charge in [0.15, 0.2) is 0 Å². The van der Waals surface area contributed by atoms with Crippen LogP contribution in [0.2, 0.25) is 0 Å². The number of nitrogens with one attached hydrogen (secondary N) is 1. The van der Waals surface area contributed by atoms with Gasteiger partial charge in [0.2, 0.25) is 0 Å². The maximum absolute atomic E-state index is 13.7. The lowest BCUT2D eigenvalue weighted by molar-refractivity contribution is 0.122. The first-order chi connectivity index (χ1) is 12.2. The Labute approximate surface area is 146 Å². The molecule has 2 amide bonds. The van der Waals surface area contributed by atoms with Crippen LogP contribution in [0, 0.1) is 11.7 Å². The van der Waals surface area contributed by atoms with Crippen molar-refractivity contribution in [3.8, 4) is 0 Å². The molecule has 0 aliphatic carbocycles. The van der Waals surface area contributed by atoms with Gasteiger partial charge in [-0.1, -0.05) is 0 Å². The molecule has 7 heteroatoms. The number of carbonyl (C=O) groups is 1. The lowest BCUT2D eigenvalue weighted by Crippen LogP contribution is -2.43. The van der Waals surface area contributed by atoms with E-state index >= 15 is 0 Å². The molecule has 2 aliphatic heterocycles. The van der Waals surface area contributed by atoms with E-state index in [1.54, 1.807) is 11.0 Å². The minimum Gasteiger partial charge on any atom is -0.378 e. The summed E-state index contributed by atoms with van der Waals surface area (Å²) >= 11 is 0. The number of piperidine rings is 1. The summed E-state index contributed by atoms with van der Waals surface area (Å²) in [6.07, 6.45) is 2.35. The van der Waals surface area contributed by atoms with E-state index in [1.807, 2.05) is 4.90 Å². The zero-order valence-electron chi connectivity index (χ0n) is 14.3. The third kappa shape index (κ3) is 4.60. The fourth-order valence-electron chi connectivity index (χ4n) is 3.51. The predicted octanol–water partition coefficient (Wildman–Crippen LogP) is 3.27. The maximum Gasteiger partial charge on any atom is 0.321 e.